The Labute approximate surface area is 206 Å². The first-order chi connectivity index (χ1) is 17.2. The van der Waals surface area contributed by atoms with Gasteiger partial charge in [0, 0.05) is 37.1 Å². The number of hydrogen-bond acceptors (Lipinski definition) is 5. The zero-order chi connectivity index (χ0) is 24.2. The molecule has 35 heavy (non-hydrogen) atoms. The van der Waals surface area contributed by atoms with Crippen LogP contribution in [0.2, 0.25) is 0 Å². The molecule has 0 atom stereocenters. The molecule has 0 aliphatic carbocycles. The predicted octanol–water partition coefficient (Wildman–Crippen LogP) is 5.63. The maximum absolute atomic E-state index is 6.45. The van der Waals surface area contributed by atoms with Crippen molar-refractivity contribution in [3.8, 4) is 0 Å². The Bertz CT molecular complexity index is 1440. The molecule has 0 aliphatic heterocycles. The lowest BCUT2D eigenvalue weighted by Gasteiger charge is -2.12. The maximum atomic E-state index is 6.45. The zero-order valence-corrected chi connectivity index (χ0v) is 20.2. The van der Waals surface area contributed by atoms with Crippen LogP contribution in [0.25, 0.3) is 21.9 Å². The summed E-state index contributed by atoms with van der Waals surface area (Å²) < 4.78 is 2.33. The minimum atomic E-state index is 0.478. The highest BCUT2D eigenvalue weighted by molar-refractivity contribution is 6.07. The number of nitrogens with two attached hydrogens (primary N) is 2. The Kier molecular flexibility index (Phi) is 6.64. The van der Waals surface area contributed by atoms with Crippen LogP contribution in [0.4, 0.5) is 11.5 Å². The number of benzene rings is 3. The number of imidazole rings is 1. The van der Waals surface area contributed by atoms with Crippen LogP contribution in [0.1, 0.15) is 42.3 Å². The summed E-state index contributed by atoms with van der Waals surface area (Å²) in [6, 6.07) is 25.2. The summed E-state index contributed by atoms with van der Waals surface area (Å²) in [5.41, 5.74) is 19.5. The summed E-state index contributed by atoms with van der Waals surface area (Å²) in [5, 5.41) is 4.58. The number of nitrogens with one attached hydrogen (secondary N) is 1. The van der Waals surface area contributed by atoms with Crippen molar-refractivity contribution in [3.63, 3.8) is 0 Å². The van der Waals surface area contributed by atoms with Gasteiger partial charge in [0.15, 0.2) is 5.82 Å². The van der Waals surface area contributed by atoms with E-state index in [1.54, 1.807) is 0 Å². The van der Waals surface area contributed by atoms with E-state index in [4.69, 9.17) is 21.4 Å². The van der Waals surface area contributed by atoms with Gasteiger partial charge in [0.05, 0.1) is 11.0 Å². The van der Waals surface area contributed by atoms with Gasteiger partial charge in [-0.05, 0) is 41.3 Å². The molecule has 178 valence electrons. The molecule has 0 saturated heterocycles. The molecule has 3 aromatic carbocycles. The average Bonchev–Trinajstić information content (AvgIpc) is 3.25. The summed E-state index contributed by atoms with van der Waals surface area (Å²) in [4.78, 5) is 9.69. The number of fused-ring (bicyclic) bond motifs is 3. The molecule has 6 nitrogen and oxygen atoms in total. The number of pyridine rings is 1. The van der Waals surface area contributed by atoms with Crippen molar-refractivity contribution >= 4 is 33.4 Å². The van der Waals surface area contributed by atoms with Gasteiger partial charge in [0.2, 0.25) is 0 Å². The first kappa shape index (κ1) is 22.9. The number of nitrogen functional groups attached to an aromatic ring is 1. The van der Waals surface area contributed by atoms with E-state index in [9.17, 15) is 0 Å². The Morgan fingerprint density at radius 2 is 1.66 bits per heavy atom. The molecule has 5 N–H and O–H groups in total. The minimum absolute atomic E-state index is 0.478. The third-order valence-corrected chi connectivity index (χ3v) is 6.48. The van der Waals surface area contributed by atoms with Crippen molar-refractivity contribution in [3.05, 3.63) is 95.3 Å². The number of unbranched alkanes of at least 4 members (excludes halogenated alkanes) is 1. The first-order valence-electron chi connectivity index (χ1n) is 12.3. The number of hydrogen-bond donors (Lipinski definition) is 3. The van der Waals surface area contributed by atoms with E-state index >= 15 is 0 Å². The average molecular weight is 465 g/mol. The Hall–Kier alpha value is -3.90. The van der Waals surface area contributed by atoms with Crippen LogP contribution in [0.3, 0.4) is 0 Å². The molecule has 0 aliphatic rings. The van der Waals surface area contributed by atoms with E-state index in [1.165, 1.54) is 11.1 Å². The molecule has 5 rings (SSSR count). The maximum Gasteiger partial charge on any atom is 0.152 e. The SMILES string of the molecule is CCCCc1nc2c(N)nc3cc(NCc4ccc(CN)cc4)ccc3c2n1Cc1ccccc1. The second-order valence-corrected chi connectivity index (χ2v) is 9.00. The quantitative estimate of drug-likeness (QED) is 0.263. The van der Waals surface area contributed by atoms with Crippen molar-refractivity contribution in [2.45, 2.75) is 45.8 Å². The first-order valence-corrected chi connectivity index (χ1v) is 12.3. The fraction of sp³-hybridized carbons (Fsp3) is 0.241. The Morgan fingerprint density at radius 1 is 0.886 bits per heavy atom. The molecule has 6 heteroatoms. The van der Waals surface area contributed by atoms with E-state index in [1.807, 2.05) is 6.07 Å². The molecule has 0 unspecified atom stereocenters. The lowest BCUT2D eigenvalue weighted by atomic mass is 10.1. The van der Waals surface area contributed by atoms with Crippen molar-refractivity contribution in [1.29, 1.82) is 0 Å². The lowest BCUT2D eigenvalue weighted by molar-refractivity contribution is 0.690. The van der Waals surface area contributed by atoms with Crippen LogP contribution < -0.4 is 16.8 Å². The highest BCUT2D eigenvalue weighted by atomic mass is 15.1. The number of rotatable bonds is 9. The molecular formula is C29H32N6. The number of aromatic nitrogens is 3. The topological polar surface area (TPSA) is 94.8 Å². The van der Waals surface area contributed by atoms with Gasteiger partial charge in [-0.25, -0.2) is 9.97 Å². The zero-order valence-electron chi connectivity index (χ0n) is 20.2. The smallest absolute Gasteiger partial charge is 0.152 e. The van der Waals surface area contributed by atoms with Crippen molar-refractivity contribution in [1.82, 2.24) is 14.5 Å². The Balaban J connectivity index is 1.53. The normalized spacial score (nSPS) is 11.4. The fourth-order valence-electron chi connectivity index (χ4n) is 4.53. The van der Waals surface area contributed by atoms with Gasteiger partial charge in [-0.1, -0.05) is 67.9 Å². The van der Waals surface area contributed by atoms with Crippen molar-refractivity contribution < 1.29 is 0 Å². The highest BCUT2D eigenvalue weighted by Gasteiger charge is 2.17. The molecule has 2 heterocycles. The van der Waals surface area contributed by atoms with Crippen LogP contribution in [0, 0.1) is 0 Å². The molecule has 2 aromatic heterocycles. The number of anilines is 2. The fourth-order valence-corrected chi connectivity index (χ4v) is 4.53. The lowest BCUT2D eigenvalue weighted by Crippen LogP contribution is -2.06. The molecule has 0 amide bonds. The molecular weight excluding hydrogens is 432 g/mol. The molecule has 0 saturated carbocycles. The standard InChI is InChI=1S/C29H32N6/c1-2-3-9-26-34-27-28(35(26)19-22-7-5-4-6-8-22)24-15-14-23(16-25(24)33-29(27)31)32-18-21-12-10-20(17-30)11-13-21/h4-8,10-16,32H,2-3,9,17-19,30H2,1H3,(H2,31,33). The molecule has 0 bridgehead atoms. The van der Waals surface area contributed by atoms with Crippen LogP contribution in [-0.4, -0.2) is 14.5 Å². The predicted molar refractivity (Wildman–Crippen MR) is 145 cm³/mol. The van der Waals surface area contributed by atoms with Crippen LogP contribution in [-0.2, 0) is 26.1 Å². The van der Waals surface area contributed by atoms with E-state index in [-0.39, 0.29) is 0 Å². The van der Waals surface area contributed by atoms with Gasteiger partial charge in [0.25, 0.3) is 0 Å². The second kappa shape index (κ2) is 10.2. The number of nitrogens with zero attached hydrogens (tertiary/aromatic N) is 3. The van der Waals surface area contributed by atoms with Crippen LogP contribution in [0.5, 0.6) is 0 Å². The van der Waals surface area contributed by atoms with Crippen molar-refractivity contribution in [2.24, 2.45) is 5.73 Å². The van der Waals surface area contributed by atoms with Gasteiger partial charge in [-0.15, -0.1) is 0 Å². The largest absolute Gasteiger partial charge is 0.382 e. The van der Waals surface area contributed by atoms with E-state index < -0.39 is 0 Å². The van der Waals surface area contributed by atoms with E-state index in [2.05, 4.69) is 83.5 Å². The molecule has 0 radical (unpaired) electrons. The van der Waals surface area contributed by atoms with Crippen LogP contribution in [0.15, 0.2) is 72.8 Å². The number of aryl methyl sites for hydroxylation is 1. The van der Waals surface area contributed by atoms with Gasteiger partial charge in [0.1, 0.15) is 11.3 Å². The third-order valence-electron chi connectivity index (χ3n) is 6.48. The Morgan fingerprint density at radius 3 is 2.40 bits per heavy atom. The van der Waals surface area contributed by atoms with Crippen LogP contribution >= 0.6 is 0 Å². The molecule has 0 fully saturated rings. The monoisotopic (exact) mass is 464 g/mol. The van der Waals surface area contributed by atoms with E-state index in [0.717, 1.165) is 71.4 Å². The summed E-state index contributed by atoms with van der Waals surface area (Å²) in [7, 11) is 0. The summed E-state index contributed by atoms with van der Waals surface area (Å²) in [5.74, 6) is 1.54. The summed E-state index contributed by atoms with van der Waals surface area (Å²) in [6.45, 7) is 4.24. The highest BCUT2D eigenvalue weighted by Crippen LogP contribution is 2.31. The van der Waals surface area contributed by atoms with E-state index in [0.29, 0.717) is 12.4 Å². The second-order valence-electron chi connectivity index (χ2n) is 9.00. The molecule has 0 spiro atoms. The van der Waals surface area contributed by atoms with Gasteiger partial charge < -0.3 is 21.4 Å². The molecule has 5 aromatic rings. The minimum Gasteiger partial charge on any atom is -0.382 e. The third kappa shape index (κ3) is 4.84. The summed E-state index contributed by atoms with van der Waals surface area (Å²) >= 11 is 0. The van der Waals surface area contributed by atoms with Gasteiger partial charge in [-0.2, -0.15) is 0 Å². The van der Waals surface area contributed by atoms with Gasteiger partial charge in [-0.3, -0.25) is 0 Å². The summed E-state index contributed by atoms with van der Waals surface area (Å²) in [6.07, 6.45) is 3.12. The van der Waals surface area contributed by atoms with Gasteiger partial charge >= 0.3 is 0 Å². The van der Waals surface area contributed by atoms with Crippen molar-refractivity contribution in [2.75, 3.05) is 11.1 Å².